The molecule has 0 aliphatic carbocycles. The number of benzene rings is 1. The summed E-state index contributed by atoms with van der Waals surface area (Å²) in [6, 6.07) is 10.3. The number of rotatable bonds is 4. The van der Waals surface area contributed by atoms with Crippen LogP contribution in [0, 0.1) is 12.7 Å². The number of halogens is 1. The Hall–Kier alpha value is -2.76. The Balaban J connectivity index is 1.76. The highest BCUT2D eigenvalue weighted by molar-refractivity contribution is 5.33. The van der Waals surface area contributed by atoms with Crippen molar-refractivity contribution in [1.29, 1.82) is 0 Å². The van der Waals surface area contributed by atoms with E-state index in [0.717, 1.165) is 5.69 Å². The Morgan fingerprint density at radius 2 is 2.05 bits per heavy atom. The number of hydrogen-bond acceptors (Lipinski definition) is 4. The van der Waals surface area contributed by atoms with Gasteiger partial charge in [-0.15, -0.1) is 0 Å². The summed E-state index contributed by atoms with van der Waals surface area (Å²) >= 11 is 0. The molecule has 2 aromatic heterocycles. The van der Waals surface area contributed by atoms with Gasteiger partial charge in [0.25, 0.3) is 0 Å². The molecule has 0 bridgehead atoms. The van der Waals surface area contributed by atoms with Crippen LogP contribution in [0.5, 0.6) is 0 Å². The molecule has 2 heterocycles. The molecule has 5 nitrogen and oxygen atoms in total. The van der Waals surface area contributed by atoms with Crippen molar-refractivity contribution in [3.63, 3.8) is 0 Å². The van der Waals surface area contributed by atoms with Crippen molar-refractivity contribution in [2.24, 2.45) is 0 Å². The third-order valence-corrected chi connectivity index (χ3v) is 2.99. The molecule has 6 heteroatoms. The second-order valence-corrected chi connectivity index (χ2v) is 4.59. The van der Waals surface area contributed by atoms with Crippen LogP contribution in [-0.2, 0) is 6.54 Å². The Morgan fingerprint density at radius 3 is 2.81 bits per heavy atom. The predicted molar refractivity (Wildman–Crippen MR) is 77.6 cm³/mol. The molecule has 106 valence electrons. The van der Waals surface area contributed by atoms with Gasteiger partial charge in [0, 0.05) is 30.6 Å². The van der Waals surface area contributed by atoms with Crippen LogP contribution in [-0.4, -0.2) is 19.7 Å². The maximum absolute atomic E-state index is 13.5. The normalized spacial score (nSPS) is 10.6. The number of aromatic nitrogens is 4. The van der Waals surface area contributed by atoms with Crippen LogP contribution < -0.4 is 5.32 Å². The smallest absolute Gasteiger partial charge is 0.224 e. The predicted octanol–water partition coefficient (Wildman–Crippen LogP) is 2.72. The summed E-state index contributed by atoms with van der Waals surface area (Å²) in [6.07, 6.45) is 3.47. The van der Waals surface area contributed by atoms with Gasteiger partial charge in [0.15, 0.2) is 5.82 Å². The van der Waals surface area contributed by atoms with Gasteiger partial charge in [-0.3, -0.25) is 0 Å². The maximum atomic E-state index is 13.5. The van der Waals surface area contributed by atoms with Crippen molar-refractivity contribution in [2.45, 2.75) is 13.5 Å². The Morgan fingerprint density at radius 1 is 1.19 bits per heavy atom. The molecule has 0 amide bonds. The number of nitrogens with zero attached hydrogens (tertiary/aromatic N) is 4. The van der Waals surface area contributed by atoms with Crippen LogP contribution in [0.1, 0.15) is 11.3 Å². The Bertz CT molecular complexity index is 753. The van der Waals surface area contributed by atoms with Crippen LogP contribution in [0.2, 0.25) is 0 Å². The molecule has 0 aliphatic heterocycles. The maximum Gasteiger partial charge on any atom is 0.224 e. The van der Waals surface area contributed by atoms with Crippen LogP contribution in [0.4, 0.5) is 10.3 Å². The van der Waals surface area contributed by atoms with Gasteiger partial charge in [-0.05, 0) is 19.1 Å². The Labute approximate surface area is 121 Å². The van der Waals surface area contributed by atoms with Crippen LogP contribution in [0.25, 0.3) is 5.82 Å². The SMILES string of the molecule is Cc1ccn(-c2ccnc(NCc3ccccc3F)n2)n1. The van der Waals surface area contributed by atoms with Crippen LogP contribution in [0.3, 0.4) is 0 Å². The van der Waals surface area contributed by atoms with E-state index in [1.807, 2.05) is 19.2 Å². The van der Waals surface area contributed by atoms with E-state index in [2.05, 4.69) is 20.4 Å². The average molecular weight is 283 g/mol. The third kappa shape index (κ3) is 3.05. The number of nitrogens with one attached hydrogen (secondary N) is 1. The molecular formula is C15H14FN5. The zero-order valence-corrected chi connectivity index (χ0v) is 11.5. The minimum absolute atomic E-state index is 0.246. The van der Waals surface area contributed by atoms with Crippen molar-refractivity contribution in [3.8, 4) is 5.82 Å². The molecule has 0 atom stereocenters. The van der Waals surface area contributed by atoms with E-state index in [-0.39, 0.29) is 5.82 Å². The average Bonchev–Trinajstić information content (AvgIpc) is 2.93. The first-order chi connectivity index (χ1) is 10.2. The summed E-state index contributed by atoms with van der Waals surface area (Å²) in [5.41, 5.74) is 1.48. The second kappa shape index (κ2) is 5.70. The summed E-state index contributed by atoms with van der Waals surface area (Å²) in [5.74, 6) is 0.849. The van der Waals surface area contributed by atoms with Gasteiger partial charge in [-0.1, -0.05) is 18.2 Å². The van der Waals surface area contributed by atoms with Gasteiger partial charge in [0.1, 0.15) is 5.82 Å². The molecule has 0 saturated heterocycles. The Kier molecular flexibility index (Phi) is 3.59. The monoisotopic (exact) mass is 283 g/mol. The lowest BCUT2D eigenvalue weighted by Gasteiger charge is -2.07. The second-order valence-electron chi connectivity index (χ2n) is 4.59. The van der Waals surface area contributed by atoms with Crippen molar-refractivity contribution in [2.75, 3.05) is 5.32 Å². The molecule has 0 saturated carbocycles. The lowest BCUT2D eigenvalue weighted by atomic mass is 10.2. The lowest BCUT2D eigenvalue weighted by molar-refractivity contribution is 0.612. The quantitative estimate of drug-likeness (QED) is 0.800. The van der Waals surface area contributed by atoms with Crippen LogP contribution >= 0.6 is 0 Å². The summed E-state index contributed by atoms with van der Waals surface area (Å²) in [6.45, 7) is 2.24. The van der Waals surface area contributed by atoms with Crippen molar-refractivity contribution < 1.29 is 4.39 Å². The summed E-state index contributed by atoms with van der Waals surface area (Å²) in [7, 11) is 0. The van der Waals surface area contributed by atoms with E-state index in [4.69, 9.17) is 0 Å². The van der Waals surface area contributed by atoms with Crippen LogP contribution in [0.15, 0.2) is 48.8 Å². The van der Waals surface area contributed by atoms with Gasteiger partial charge >= 0.3 is 0 Å². The fourth-order valence-electron chi connectivity index (χ4n) is 1.92. The highest BCUT2D eigenvalue weighted by Gasteiger charge is 2.04. The molecule has 0 aliphatic rings. The first kappa shape index (κ1) is 13.2. The lowest BCUT2D eigenvalue weighted by Crippen LogP contribution is -2.07. The standard InChI is InChI=1S/C15H14FN5/c1-11-7-9-21(20-11)14-6-8-17-15(19-14)18-10-12-4-2-3-5-13(12)16/h2-9H,10H2,1H3,(H,17,18,19). The molecule has 1 aromatic carbocycles. The molecular weight excluding hydrogens is 269 g/mol. The molecule has 1 N–H and O–H groups in total. The largest absolute Gasteiger partial charge is 0.350 e. The van der Waals surface area contributed by atoms with Gasteiger partial charge < -0.3 is 5.32 Å². The summed E-state index contributed by atoms with van der Waals surface area (Å²) in [5, 5.41) is 7.31. The molecule has 0 spiro atoms. The van der Waals surface area contributed by atoms with Gasteiger partial charge in [-0.2, -0.15) is 10.1 Å². The van der Waals surface area contributed by atoms with Crippen molar-refractivity contribution in [1.82, 2.24) is 19.7 Å². The topological polar surface area (TPSA) is 55.6 Å². The zero-order valence-electron chi connectivity index (χ0n) is 11.5. The molecule has 3 aromatic rings. The molecule has 0 radical (unpaired) electrons. The summed E-state index contributed by atoms with van der Waals surface area (Å²) in [4.78, 5) is 8.49. The molecule has 0 unspecified atom stereocenters. The molecule has 0 fully saturated rings. The van der Waals surface area contributed by atoms with Crippen molar-refractivity contribution >= 4 is 5.95 Å². The van der Waals surface area contributed by atoms with E-state index in [9.17, 15) is 4.39 Å². The fourth-order valence-corrected chi connectivity index (χ4v) is 1.92. The van der Waals surface area contributed by atoms with E-state index >= 15 is 0 Å². The minimum Gasteiger partial charge on any atom is -0.350 e. The number of hydrogen-bond donors (Lipinski definition) is 1. The van der Waals surface area contributed by atoms with E-state index in [0.29, 0.717) is 23.9 Å². The molecule has 3 rings (SSSR count). The van der Waals surface area contributed by atoms with Gasteiger partial charge in [0.05, 0.1) is 5.69 Å². The van der Waals surface area contributed by atoms with Crippen molar-refractivity contribution in [3.05, 3.63) is 65.9 Å². The van der Waals surface area contributed by atoms with E-state index in [1.165, 1.54) is 6.07 Å². The highest BCUT2D eigenvalue weighted by atomic mass is 19.1. The molecule has 21 heavy (non-hydrogen) atoms. The first-order valence-corrected chi connectivity index (χ1v) is 6.55. The fraction of sp³-hybridized carbons (Fsp3) is 0.133. The first-order valence-electron chi connectivity index (χ1n) is 6.55. The van der Waals surface area contributed by atoms with E-state index in [1.54, 1.807) is 35.1 Å². The van der Waals surface area contributed by atoms with E-state index < -0.39 is 0 Å². The minimum atomic E-state index is -0.246. The zero-order chi connectivity index (χ0) is 14.7. The number of anilines is 1. The van der Waals surface area contributed by atoms with Gasteiger partial charge in [0.2, 0.25) is 5.95 Å². The highest BCUT2D eigenvalue weighted by Crippen LogP contribution is 2.10. The third-order valence-electron chi connectivity index (χ3n) is 2.99. The summed E-state index contributed by atoms with van der Waals surface area (Å²) < 4.78 is 15.2. The van der Waals surface area contributed by atoms with Gasteiger partial charge in [-0.25, -0.2) is 14.1 Å². The number of aryl methyl sites for hydroxylation is 1.